The molecule has 0 saturated carbocycles. The molecule has 4 heteroatoms. The standard InChI is InChI=1S/C13H17N2O.Al/c1-3-9(2)12-13(16)15-11-7-5-4-6-10(11)8-14-12;/h4-7,9,12H,3,8H2,1-2H3,(H,15,16);/q-1;+1/t9-,12-;/m0./s1. The first kappa shape index (κ1) is 12.6. The first-order valence-corrected chi connectivity index (χ1v) is 6.55. The third-order valence-electron chi connectivity index (χ3n) is 3.44. The third-order valence-corrected chi connectivity index (χ3v) is 3.94. The van der Waals surface area contributed by atoms with Crippen LogP contribution in [0.1, 0.15) is 25.8 Å². The summed E-state index contributed by atoms with van der Waals surface area (Å²) in [4.78, 5) is 12.2. The van der Waals surface area contributed by atoms with Crippen LogP contribution in [-0.4, -0.2) is 32.3 Å². The van der Waals surface area contributed by atoms with Crippen LogP contribution >= 0.6 is 0 Å². The van der Waals surface area contributed by atoms with E-state index in [0.29, 0.717) is 5.92 Å². The number of carbonyl (C=O) groups excluding carboxylic acids is 1. The molecule has 1 heterocycles. The van der Waals surface area contributed by atoms with E-state index in [4.69, 9.17) is 0 Å². The first-order chi connectivity index (χ1) is 8.13. The van der Waals surface area contributed by atoms with Crippen molar-refractivity contribution in [2.75, 3.05) is 5.32 Å². The van der Waals surface area contributed by atoms with Crippen molar-refractivity contribution in [2.45, 2.75) is 32.9 Å². The van der Waals surface area contributed by atoms with Crippen molar-refractivity contribution >= 4 is 28.1 Å². The summed E-state index contributed by atoms with van der Waals surface area (Å²) in [5.74, 6) is 0.445. The summed E-state index contributed by atoms with van der Waals surface area (Å²) in [5, 5.41) is 3.02. The van der Waals surface area contributed by atoms with E-state index in [1.165, 1.54) is 5.56 Å². The Labute approximate surface area is 111 Å². The summed E-state index contributed by atoms with van der Waals surface area (Å²) in [7, 11) is 0. The SMILES string of the molecule is CC[C@H](C)[C@H]1C(=O)Nc2ccccc2C[N]1[Al]. The molecular formula is C13H17AlN2O. The van der Waals surface area contributed by atoms with Crippen LogP contribution in [0.2, 0.25) is 0 Å². The molecule has 0 bridgehead atoms. The molecule has 1 aliphatic heterocycles. The highest BCUT2D eigenvalue weighted by Gasteiger charge is 2.30. The van der Waals surface area contributed by atoms with Crippen LogP contribution in [-0.2, 0) is 11.3 Å². The molecule has 1 aromatic carbocycles. The molecule has 3 nitrogen and oxygen atoms in total. The lowest BCUT2D eigenvalue weighted by atomic mass is 9.98. The van der Waals surface area contributed by atoms with Crippen molar-refractivity contribution in [3.8, 4) is 0 Å². The summed E-state index contributed by atoms with van der Waals surface area (Å²) >= 11 is 2.69. The van der Waals surface area contributed by atoms with E-state index in [1.807, 2.05) is 18.2 Å². The number of benzene rings is 1. The van der Waals surface area contributed by atoms with Crippen LogP contribution in [0.25, 0.3) is 0 Å². The Morgan fingerprint density at radius 1 is 1.53 bits per heavy atom. The number of rotatable bonds is 2. The van der Waals surface area contributed by atoms with Crippen LogP contribution < -0.4 is 5.32 Å². The lowest BCUT2D eigenvalue weighted by molar-refractivity contribution is -0.121. The van der Waals surface area contributed by atoms with Crippen LogP contribution in [0.3, 0.4) is 0 Å². The van der Waals surface area contributed by atoms with E-state index in [-0.39, 0.29) is 11.9 Å². The van der Waals surface area contributed by atoms with Gasteiger partial charge in [0.05, 0.1) is 6.04 Å². The maximum absolute atomic E-state index is 12.2. The summed E-state index contributed by atoms with van der Waals surface area (Å²) < 4.78 is 2.06. The van der Waals surface area contributed by atoms with Crippen LogP contribution in [0.4, 0.5) is 5.69 Å². The number of hydrogen-bond donors (Lipinski definition) is 1. The van der Waals surface area contributed by atoms with Crippen molar-refractivity contribution < 1.29 is 4.79 Å². The minimum atomic E-state index is -0.0719. The minimum Gasteiger partial charge on any atom is -0.389 e. The molecule has 0 fully saturated rings. The highest BCUT2D eigenvalue weighted by atomic mass is 27.1. The fourth-order valence-corrected chi connectivity index (χ4v) is 2.87. The summed E-state index contributed by atoms with van der Waals surface area (Å²) in [6.45, 7) is 5.03. The van der Waals surface area contributed by atoms with Gasteiger partial charge in [-0.05, 0) is 17.5 Å². The molecule has 1 N–H and O–H groups in total. The molecule has 0 unspecified atom stereocenters. The van der Waals surface area contributed by atoms with Gasteiger partial charge in [0.25, 0.3) is 16.5 Å². The first-order valence-electron chi connectivity index (χ1n) is 6.03. The molecule has 0 saturated heterocycles. The van der Waals surface area contributed by atoms with E-state index < -0.39 is 0 Å². The number of nitrogens with zero attached hydrogens (tertiary/aromatic N) is 1. The maximum atomic E-state index is 12.2. The van der Waals surface area contributed by atoms with E-state index in [2.05, 4.69) is 45.6 Å². The van der Waals surface area contributed by atoms with Gasteiger partial charge >= 0.3 is 0 Å². The van der Waals surface area contributed by atoms with Crippen molar-refractivity contribution in [3.05, 3.63) is 29.8 Å². The molecule has 0 aliphatic carbocycles. The van der Waals surface area contributed by atoms with Gasteiger partial charge < -0.3 is 9.20 Å². The van der Waals surface area contributed by atoms with E-state index >= 15 is 0 Å². The number of nitrogens with one attached hydrogen (secondary N) is 1. The molecular weight excluding hydrogens is 227 g/mol. The lowest BCUT2D eigenvalue weighted by Crippen LogP contribution is -2.44. The Hall–Kier alpha value is -0.818. The predicted octanol–water partition coefficient (Wildman–Crippen LogP) is 1.94. The molecule has 88 valence electrons. The Kier molecular flexibility index (Phi) is 3.88. The Bertz CT molecular complexity index is 422. The lowest BCUT2D eigenvalue weighted by Gasteiger charge is -2.30. The molecule has 0 aromatic heterocycles. The summed E-state index contributed by atoms with van der Waals surface area (Å²) in [5.41, 5.74) is 2.11. The van der Waals surface area contributed by atoms with Gasteiger partial charge in [-0.25, -0.2) is 0 Å². The van der Waals surface area contributed by atoms with E-state index in [0.717, 1.165) is 18.7 Å². The molecule has 2 atom stereocenters. The van der Waals surface area contributed by atoms with Gasteiger partial charge in [0, 0.05) is 12.2 Å². The van der Waals surface area contributed by atoms with Crippen molar-refractivity contribution in [3.63, 3.8) is 0 Å². The fraction of sp³-hybridized carbons (Fsp3) is 0.462. The zero-order valence-corrected chi connectivity index (χ0v) is 11.5. The molecule has 1 aliphatic rings. The molecule has 0 spiro atoms. The maximum Gasteiger partial charge on any atom is 0.257 e. The molecule has 1 aromatic rings. The smallest absolute Gasteiger partial charge is 0.257 e. The van der Waals surface area contributed by atoms with Crippen LogP contribution in [0, 0.1) is 5.92 Å². The highest BCUT2D eigenvalue weighted by molar-refractivity contribution is 6.09. The largest absolute Gasteiger partial charge is 0.389 e. The van der Waals surface area contributed by atoms with Crippen molar-refractivity contribution in [1.82, 2.24) is 3.88 Å². The van der Waals surface area contributed by atoms with E-state index in [9.17, 15) is 4.79 Å². The zero-order chi connectivity index (χ0) is 12.4. The van der Waals surface area contributed by atoms with Gasteiger partial charge in [0.1, 0.15) is 0 Å². The number of fused-ring (bicyclic) bond motifs is 1. The number of carbonyl (C=O) groups is 1. The second kappa shape index (κ2) is 5.22. The fourth-order valence-electron chi connectivity index (χ4n) is 2.24. The molecule has 17 heavy (non-hydrogen) atoms. The van der Waals surface area contributed by atoms with Gasteiger partial charge in [-0.3, -0.25) is 4.79 Å². The average molecular weight is 244 g/mol. The van der Waals surface area contributed by atoms with Gasteiger partial charge in [-0.15, -0.1) is 0 Å². The average Bonchev–Trinajstić information content (AvgIpc) is 2.43. The normalized spacial score (nSPS) is 22.5. The second-order valence-corrected chi connectivity index (χ2v) is 5.31. The van der Waals surface area contributed by atoms with Gasteiger partial charge in [0.15, 0.2) is 0 Å². The Morgan fingerprint density at radius 3 is 2.94 bits per heavy atom. The second-order valence-electron chi connectivity index (χ2n) is 4.65. The monoisotopic (exact) mass is 244 g/mol. The van der Waals surface area contributed by atoms with E-state index in [1.54, 1.807) is 0 Å². The van der Waals surface area contributed by atoms with Gasteiger partial charge in [-0.1, -0.05) is 38.5 Å². The summed E-state index contributed by atoms with van der Waals surface area (Å²) in [6, 6.07) is 7.91. The highest BCUT2D eigenvalue weighted by Crippen LogP contribution is 2.25. The van der Waals surface area contributed by atoms with Gasteiger partial charge in [0.2, 0.25) is 5.91 Å². The molecule has 2 rings (SSSR count). The summed E-state index contributed by atoms with van der Waals surface area (Å²) in [6.07, 6.45) is 0.999. The number of hydrogen-bond acceptors (Lipinski definition) is 2. The number of para-hydroxylation sites is 1. The van der Waals surface area contributed by atoms with Crippen LogP contribution in [0.5, 0.6) is 0 Å². The van der Waals surface area contributed by atoms with Gasteiger partial charge in [-0.2, -0.15) is 0 Å². The quantitative estimate of drug-likeness (QED) is 0.806. The van der Waals surface area contributed by atoms with Crippen molar-refractivity contribution in [1.29, 1.82) is 0 Å². The number of amides is 1. The topological polar surface area (TPSA) is 32.3 Å². The van der Waals surface area contributed by atoms with Crippen LogP contribution in [0.15, 0.2) is 24.3 Å². The predicted molar refractivity (Wildman–Crippen MR) is 69.6 cm³/mol. The Balaban J connectivity index is 2.31. The zero-order valence-electron chi connectivity index (χ0n) is 10.3. The number of anilines is 1. The molecule has 2 radical (unpaired) electrons. The van der Waals surface area contributed by atoms with Crippen molar-refractivity contribution in [2.24, 2.45) is 5.92 Å². The minimum absolute atomic E-state index is 0.0719. The third kappa shape index (κ3) is 2.55. The Morgan fingerprint density at radius 2 is 2.24 bits per heavy atom. The molecule has 1 amide bonds.